The second kappa shape index (κ2) is 7.11. The zero-order chi connectivity index (χ0) is 17.1. The Balaban J connectivity index is 1.46. The zero-order valence-corrected chi connectivity index (χ0v) is 14.9. The van der Waals surface area contributed by atoms with Crippen LogP contribution in [-0.4, -0.2) is 30.6 Å². The summed E-state index contributed by atoms with van der Waals surface area (Å²) in [4.78, 5) is 15.0. The summed E-state index contributed by atoms with van der Waals surface area (Å²) in [5, 5.41) is 3.30. The largest absolute Gasteiger partial charge is 0.493 e. The van der Waals surface area contributed by atoms with Crippen LogP contribution in [0.5, 0.6) is 5.75 Å². The maximum atomic E-state index is 13.0. The monoisotopic (exact) mass is 340 g/mol. The van der Waals surface area contributed by atoms with E-state index in [-0.39, 0.29) is 12.1 Å². The molecule has 0 radical (unpaired) electrons. The second-order valence-electron chi connectivity index (χ2n) is 7.77. The molecule has 1 spiro atoms. The third kappa shape index (κ3) is 3.53. The summed E-state index contributed by atoms with van der Waals surface area (Å²) >= 11 is 0. The van der Waals surface area contributed by atoms with Crippen LogP contribution < -0.4 is 10.1 Å². The van der Waals surface area contributed by atoms with Gasteiger partial charge in [-0.25, -0.2) is 4.79 Å². The van der Waals surface area contributed by atoms with Gasteiger partial charge in [0.25, 0.3) is 0 Å². The number of rotatable bonds is 1. The maximum Gasteiger partial charge on any atom is 0.317 e. The molecule has 0 unspecified atom stereocenters. The Morgan fingerprint density at radius 3 is 3.00 bits per heavy atom. The zero-order valence-electron chi connectivity index (χ0n) is 14.9. The van der Waals surface area contributed by atoms with E-state index < -0.39 is 0 Å². The third-order valence-corrected chi connectivity index (χ3v) is 5.99. The molecule has 3 aliphatic rings. The van der Waals surface area contributed by atoms with E-state index in [1.807, 2.05) is 18.2 Å². The normalized spacial score (nSPS) is 28.8. The number of ether oxygens (including phenoxy) is 1. The van der Waals surface area contributed by atoms with E-state index in [0.717, 1.165) is 63.1 Å². The summed E-state index contributed by atoms with van der Waals surface area (Å²) in [5.74, 6) is 0.915. The minimum absolute atomic E-state index is 0.0512. The van der Waals surface area contributed by atoms with E-state index in [9.17, 15) is 4.79 Å². The number of benzene rings is 1. The van der Waals surface area contributed by atoms with Gasteiger partial charge in [0.2, 0.25) is 0 Å². The number of allylic oxidation sites excluding steroid dienone is 2. The van der Waals surface area contributed by atoms with Gasteiger partial charge < -0.3 is 15.0 Å². The highest BCUT2D eigenvalue weighted by Gasteiger charge is 2.37. The van der Waals surface area contributed by atoms with Gasteiger partial charge in [-0.15, -0.1) is 0 Å². The number of nitrogens with one attached hydrogen (secondary N) is 1. The van der Waals surface area contributed by atoms with Gasteiger partial charge in [-0.2, -0.15) is 0 Å². The van der Waals surface area contributed by atoms with Gasteiger partial charge in [-0.3, -0.25) is 0 Å². The molecule has 2 atom stereocenters. The van der Waals surface area contributed by atoms with Crippen LogP contribution in [0.15, 0.2) is 36.4 Å². The molecule has 2 heterocycles. The lowest BCUT2D eigenvalue weighted by Gasteiger charge is -2.44. The molecule has 1 N–H and O–H groups in total. The van der Waals surface area contributed by atoms with Crippen molar-refractivity contribution in [3.8, 4) is 5.75 Å². The van der Waals surface area contributed by atoms with E-state index in [1.165, 1.54) is 12.8 Å². The number of likely N-dealkylation sites (tertiary alicyclic amines) is 1. The number of amides is 2. The summed E-state index contributed by atoms with van der Waals surface area (Å²) in [6.45, 7) is 2.50. The van der Waals surface area contributed by atoms with Crippen molar-refractivity contribution in [1.29, 1.82) is 0 Å². The number of nitrogens with zero attached hydrogens (tertiary/aromatic N) is 1. The summed E-state index contributed by atoms with van der Waals surface area (Å²) in [6, 6.07) is 8.25. The van der Waals surface area contributed by atoms with Gasteiger partial charge in [0.05, 0.1) is 12.6 Å². The lowest BCUT2D eigenvalue weighted by molar-refractivity contribution is 0.0944. The highest BCUT2D eigenvalue weighted by atomic mass is 16.5. The topological polar surface area (TPSA) is 41.6 Å². The van der Waals surface area contributed by atoms with Crippen molar-refractivity contribution in [2.75, 3.05) is 19.7 Å². The molecule has 0 aromatic heterocycles. The lowest BCUT2D eigenvalue weighted by Crippen LogP contribution is -2.50. The Bertz CT molecular complexity index is 657. The SMILES string of the molecule is O=C(N[C@H]1CCCOc2ccccc21)N1CCC[C@]2(CC=CCC2)C1. The minimum Gasteiger partial charge on any atom is -0.493 e. The molecule has 0 saturated carbocycles. The first-order valence-corrected chi connectivity index (χ1v) is 9.68. The number of fused-ring (bicyclic) bond motifs is 1. The van der Waals surface area contributed by atoms with Gasteiger partial charge >= 0.3 is 6.03 Å². The highest BCUT2D eigenvalue weighted by molar-refractivity contribution is 5.75. The Kier molecular flexibility index (Phi) is 4.69. The van der Waals surface area contributed by atoms with Crippen LogP contribution in [0.1, 0.15) is 56.6 Å². The van der Waals surface area contributed by atoms with Crippen molar-refractivity contribution >= 4 is 6.03 Å². The van der Waals surface area contributed by atoms with Crippen molar-refractivity contribution in [2.45, 2.75) is 51.0 Å². The van der Waals surface area contributed by atoms with Gasteiger partial charge in [-0.1, -0.05) is 30.4 Å². The van der Waals surface area contributed by atoms with Gasteiger partial charge in [-0.05, 0) is 56.4 Å². The molecule has 4 rings (SSSR count). The van der Waals surface area contributed by atoms with E-state index in [0.29, 0.717) is 5.41 Å². The first-order chi connectivity index (χ1) is 12.3. The smallest absolute Gasteiger partial charge is 0.317 e. The molecule has 0 bridgehead atoms. The molecule has 134 valence electrons. The summed E-state index contributed by atoms with van der Waals surface area (Å²) in [7, 11) is 0. The average Bonchev–Trinajstić information content (AvgIpc) is 2.85. The van der Waals surface area contributed by atoms with E-state index in [4.69, 9.17) is 4.74 Å². The number of carbonyl (C=O) groups is 1. The molecule has 2 aliphatic heterocycles. The molecule has 25 heavy (non-hydrogen) atoms. The molecule has 1 aliphatic carbocycles. The summed E-state index contributed by atoms with van der Waals surface area (Å²) < 4.78 is 5.82. The van der Waals surface area contributed by atoms with Crippen molar-refractivity contribution in [3.63, 3.8) is 0 Å². The maximum absolute atomic E-state index is 13.0. The standard InChI is InChI=1S/C21H28N2O2/c24-20(23-14-7-13-21(16-23)11-4-1-5-12-21)22-18-9-6-15-25-19-10-3-2-8-17(18)19/h1-4,8,10,18H,5-7,9,11-16H2,(H,22,24)/t18-,21+/m0/s1. The van der Waals surface area contributed by atoms with Crippen molar-refractivity contribution < 1.29 is 9.53 Å². The fourth-order valence-corrected chi connectivity index (χ4v) is 4.61. The fraction of sp³-hybridized carbons (Fsp3) is 0.571. The molecule has 4 heteroatoms. The first-order valence-electron chi connectivity index (χ1n) is 9.68. The summed E-state index contributed by atoms with van der Waals surface area (Å²) in [5.41, 5.74) is 1.43. The van der Waals surface area contributed by atoms with Crippen LogP contribution in [0.25, 0.3) is 0 Å². The highest BCUT2D eigenvalue weighted by Crippen LogP contribution is 2.41. The predicted molar refractivity (Wildman–Crippen MR) is 98.7 cm³/mol. The lowest BCUT2D eigenvalue weighted by atomic mass is 9.71. The van der Waals surface area contributed by atoms with Gasteiger partial charge in [0.1, 0.15) is 5.75 Å². The van der Waals surface area contributed by atoms with Crippen molar-refractivity contribution in [3.05, 3.63) is 42.0 Å². The van der Waals surface area contributed by atoms with Gasteiger partial charge in [0.15, 0.2) is 0 Å². The Labute approximate surface area is 150 Å². The summed E-state index contributed by atoms with van der Waals surface area (Å²) in [6.07, 6.45) is 12.4. The molecular weight excluding hydrogens is 312 g/mol. The molecule has 2 amide bonds. The Morgan fingerprint density at radius 2 is 2.12 bits per heavy atom. The van der Waals surface area contributed by atoms with Crippen LogP contribution in [0, 0.1) is 5.41 Å². The second-order valence-corrected chi connectivity index (χ2v) is 7.77. The van der Waals surface area contributed by atoms with Crippen LogP contribution in [-0.2, 0) is 0 Å². The Hall–Kier alpha value is -1.97. The van der Waals surface area contributed by atoms with E-state index in [2.05, 4.69) is 28.4 Å². The number of carbonyl (C=O) groups excluding carboxylic acids is 1. The molecule has 1 aromatic rings. The molecule has 1 fully saturated rings. The van der Waals surface area contributed by atoms with E-state index >= 15 is 0 Å². The molecule has 1 saturated heterocycles. The molecule has 4 nitrogen and oxygen atoms in total. The van der Waals surface area contributed by atoms with Gasteiger partial charge in [0, 0.05) is 18.7 Å². The Morgan fingerprint density at radius 1 is 1.20 bits per heavy atom. The molecule has 1 aromatic carbocycles. The average molecular weight is 340 g/mol. The number of piperidine rings is 1. The van der Waals surface area contributed by atoms with Crippen molar-refractivity contribution in [2.24, 2.45) is 5.41 Å². The molecular formula is C21H28N2O2. The quantitative estimate of drug-likeness (QED) is 0.768. The number of urea groups is 1. The number of para-hydroxylation sites is 1. The predicted octanol–water partition coefficient (Wildman–Crippen LogP) is 4.43. The fourth-order valence-electron chi connectivity index (χ4n) is 4.61. The van der Waals surface area contributed by atoms with E-state index in [1.54, 1.807) is 0 Å². The van der Waals surface area contributed by atoms with Crippen LogP contribution >= 0.6 is 0 Å². The van der Waals surface area contributed by atoms with Crippen LogP contribution in [0.3, 0.4) is 0 Å². The minimum atomic E-state index is 0.0512. The number of hydrogen-bond acceptors (Lipinski definition) is 2. The third-order valence-electron chi connectivity index (χ3n) is 5.99. The van der Waals surface area contributed by atoms with Crippen LogP contribution in [0.4, 0.5) is 4.79 Å². The number of hydrogen-bond donors (Lipinski definition) is 1. The first kappa shape index (κ1) is 16.5. The van der Waals surface area contributed by atoms with Crippen molar-refractivity contribution in [1.82, 2.24) is 10.2 Å². The van der Waals surface area contributed by atoms with Crippen LogP contribution in [0.2, 0.25) is 0 Å².